The average molecular weight is 924 g/mol. The number of carbonyl (C=O) groups excluding carboxylic acids is 1. The summed E-state index contributed by atoms with van der Waals surface area (Å²) in [6.07, 6.45) is 25.7. The third kappa shape index (κ3) is 15.1. The molecule has 1 aromatic heterocycles. The predicted molar refractivity (Wildman–Crippen MR) is 270 cm³/mol. The van der Waals surface area contributed by atoms with Crippen LogP contribution in [0.1, 0.15) is 182 Å². The zero-order chi connectivity index (χ0) is 47.2. The molecule has 3 aliphatic rings. The summed E-state index contributed by atoms with van der Waals surface area (Å²) in [6, 6.07) is 5.88. The molecule has 3 saturated carbocycles. The van der Waals surface area contributed by atoms with Crippen LogP contribution in [0.4, 0.5) is 5.69 Å². The molecular weight excluding hydrogens is 827 g/mol. The van der Waals surface area contributed by atoms with Crippen molar-refractivity contribution in [3.63, 3.8) is 0 Å². The number of nitrogens with two attached hydrogens (primary N) is 3. The Kier molecular flexibility index (Phi) is 24.0. The first-order valence-electron chi connectivity index (χ1n) is 27.3. The molecule has 0 saturated heterocycles. The molecule has 12 nitrogen and oxygen atoms in total. The quantitative estimate of drug-likeness (QED) is 0.0491. The summed E-state index contributed by atoms with van der Waals surface area (Å²) < 4.78 is 25.4. The summed E-state index contributed by atoms with van der Waals surface area (Å²) >= 11 is 0. The van der Waals surface area contributed by atoms with E-state index in [0.29, 0.717) is 67.7 Å². The van der Waals surface area contributed by atoms with Crippen molar-refractivity contribution >= 4 is 22.6 Å². The molecule has 0 spiro atoms. The maximum atomic E-state index is 13.9. The second kappa shape index (κ2) is 29.0. The van der Waals surface area contributed by atoms with Gasteiger partial charge in [0, 0.05) is 51.3 Å². The van der Waals surface area contributed by atoms with Crippen LogP contribution in [-0.4, -0.2) is 98.5 Å². The topological polar surface area (TPSA) is 177 Å². The van der Waals surface area contributed by atoms with Crippen LogP contribution in [0.2, 0.25) is 0 Å². The van der Waals surface area contributed by atoms with Gasteiger partial charge in [-0.3, -0.25) is 4.79 Å². The Morgan fingerprint density at radius 3 is 2.26 bits per heavy atom. The van der Waals surface area contributed by atoms with Crippen LogP contribution in [0.15, 0.2) is 22.8 Å². The van der Waals surface area contributed by atoms with Crippen LogP contribution in [-0.2, 0) is 19.0 Å². The predicted octanol–water partition coefficient (Wildman–Crippen LogP) is 10.7. The van der Waals surface area contributed by atoms with Gasteiger partial charge in [-0.25, -0.2) is 4.63 Å². The fourth-order valence-corrected chi connectivity index (χ4v) is 13.1. The number of aromatic nitrogens is 2. The molecule has 5 rings (SSSR count). The van der Waals surface area contributed by atoms with Gasteiger partial charge in [0.05, 0.1) is 24.0 Å². The Labute approximate surface area is 401 Å². The first-order chi connectivity index (χ1) is 32.1. The highest BCUT2D eigenvalue weighted by Crippen LogP contribution is 2.66. The summed E-state index contributed by atoms with van der Waals surface area (Å²) in [5.41, 5.74) is 20.6. The molecule has 66 heavy (non-hydrogen) atoms. The number of carbonyl (C=O) groups is 1. The first-order valence-corrected chi connectivity index (χ1v) is 27.3. The van der Waals surface area contributed by atoms with Crippen molar-refractivity contribution in [3.8, 4) is 0 Å². The molecule has 1 aromatic carbocycles. The Bertz CT molecular complexity index is 1620. The van der Waals surface area contributed by atoms with Gasteiger partial charge in [-0.2, -0.15) is 0 Å². The number of ether oxygens (including phenoxy) is 3. The summed E-state index contributed by atoms with van der Waals surface area (Å²) in [5.74, 6) is 2.94. The van der Waals surface area contributed by atoms with E-state index < -0.39 is 0 Å². The number of nitrogens with one attached hydrogen (secondary N) is 1. The smallest absolute Gasteiger partial charge is 0.222 e. The van der Waals surface area contributed by atoms with E-state index in [2.05, 4.69) is 55.1 Å². The van der Waals surface area contributed by atoms with Gasteiger partial charge in [-0.15, -0.1) is 0 Å². The van der Waals surface area contributed by atoms with E-state index in [1.807, 2.05) is 18.2 Å². The van der Waals surface area contributed by atoms with Gasteiger partial charge in [-0.1, -0.05) is 79.2 Å². The van der Waals surface area contributed by atoms with Crippen molar-refractivity contribution in [2.75, 3.05) is 64.4 Å². The molecule has 378 valence electrons. The fourth-order valence-electron chi connectivity index (χ4n) is 13.1. The Morgan fingerprint density at radius 2 is 1.52 bits per heavy atom. The average Bonchev–Trinajstić information content (AvgIpc) is 3.96. The molecule has 1 unspecified atom stereocenters. The number of hydrogen-bond acceptors (Lipinski definition) is 11. The van der Waals surface area contributed by atoms with Crippen molar-refractivity contribution in [1.82, 2.24) is 15.2 Å². The summed E-state index contributed by atoms with van der Waals surface area (Å²) in [4.78, 5) is 16.2. The molecule has 3 fully saturated rings. The van der Waals surface area contributed by atoms with E-state index in [1.165, 1.54) is 57.8 Å². The summed E-state index contributed by atoms with van der Waals surface area (Å²) in [5, 5.41) is 11.5. The normalized spacial score (nSPS) is 27.5. The van der Waals surface area contributed by atoms with Gasteiger partial charge < -0.3 is 41.6 Å². The number of benzene rings is 1. The maximum absolute atomic E-state index is 13.9. The minimum Gasteiger partial charge on any atom is -0.383 e. The van der Waals surface area contributed by atoms with Crippen LogP contribution < -0.4 is 22.5 Å². The minimum absolute atomic E-state index is 0.0417. The number of anilines is 1. The summed E-state index contributed by atoms with van der Waals surface area (Å²) in [6.45, 7) is 19.1. The third-order valence-corrected chi connectivity index (χ3v) is 16.9. The zero-order valence-corrected chi connectivity index (χ0v) is 42.6. The molecule has 0 radical (unpaired) electrons. The lowest BCUT2D eigenvalue weighted by molar-refractivity contribution is -0.191. The highest BCUT2D eigenvalue weighted by Gasteiger charge is 2.63. The van der Waals surface area contributed by atoms with Gasteiger partial charge in [0.15, 0.2) is 5.52 Å². The first kappa shape index (κ1) is 54.6. The Balaban J connectivity index is 1.24. The monoisotopic (exact) mass is 924 g/mol. The van der Waals surface area contributed by atoms with Crippen molar-refractivity contribution < 1.29 is 23.6 Å². The lowest BCUT2D eigenvalue weighted by Crippen LogP contribution is -2.59. The van der Waals surface area contributed by atoms with E-state index in [9.17, 15) is 4.79 Å². The largest absolute Gasteiger partial charge is 0.383 e. The van der Waals surface area contributed by atoms with Gasteiger partial charge in [0.2, 0.25) is 5.91 Å². The van der Waals surface area contributed by atoms with E-state index in [1.54, 1.807) is 0 Å². The summed E-state index contributed by atoms with van der Waals surface area (Å²) in [7, 11) is 0. The molecule has 7 N–H and O–H groups in total. The van der Waals surface area contributed by atoms with Gasteiger partial charge in [-0.05, 0) is 180 Å². The van der Waals surface area contributed by atoms with Crippen LogP contribution in [0.5, 0.6) is 0 Å². The van der Waals surface area contributed by atoms with Crippen molar-refractivity contribution in [1.29, 1.82) is 0 Å². The second-order valence-electron chi connectivity index (χ2n) is 21.3. The van der Waals surface area contributed by atoms with Crippen molar-refractivity contribution in [3.05, 3.63) is 18.2 Å². The number of rotatable bonds is 34. The van der Waals surface area contributed by atoms with Crippen LogP contribution in [0, 0.1) is 40.4 Å². The molecular formula is C54H97N7O5. The molecule has 0 bridgehead atoms. The Hall–Kier alpha value is -2.35. The number of hydrogen-bond donors (Lipinski definition) is 4. The highest BCUT2D eigenvalue weighted by atomic mass is 16.6. The van der Waals surface area contributed by atoms with E-state index >= 15 is 0 Å². The zero-order valence-electron chi connectivity index (χ0n) is 42.6. The molecule has 8 atom stereocenters. The molecule has 12 heteroatoms. The van der Waals surface area contributed by atoms with Crippen LogP contribution >= 0.6 is 0 Å². The third-order valence-electron chi connectivity index (χ3n) is 16.9. The SMILES string of the molecule is CCCCCCCCN(CCC[C@@H](C)[C@H]1CC[C@H]2C([C@@H](CC)OCCCN)[C@@H]([C@]3(C)CC[C@H](OCCCN)CC3)C[C@H](OCCCN)[C@]12C)C(=O)CCCCCNc1cccc2nonc12. The van der Waals surface area contributed by atoms with Gasteiger partial charge in [0.1, 0.15) is 5.52 Å². The van der Waals surface area contributed by atoms with Crippen molar-refractivity contribution in [2.24, 2.45) is 57.6 Å². The molecule has 3 aliphatic carbocycles. The molecule has 2 aromatic rings. The van der Waals surface area contributed by atoms with Crippen LogP contribution in [0.3, 0.4) is 0 Å². The van der Waals surface area contributed by atoms with Crippen molar-refractivity contribution in [2.45, 2.75) is 201 Å². The number of fused-ring (bicyclic) bond motifs is 2. The van der Waals surface area contributed by atoms with E-state index in [0.717, 1.165) is 140 Å². The number of unbranched alkanes of at least 4 members (excludes halogenated alkanes) is 7. The standard InChI is InChI=1S/C54H97N7O5/c1-6-8-9-10-11-15-35-61(50(62)24-13-12-14-34-58-46-22-16-23-47-52(46)60-66-59-47)36-17-21-41(3)43-25-26-44-51(48(7-2)64-38-19-32-56)45(40-49(54(43,44)5)65-39-20-33-57)53(4)29-27-42(28-30-53)63-37-18-31-55/h16,22-23,41-45,48-49,51,58H,6-15,17-21,24-40,55-57H2,1-5H3/t41-,42-,43-,44+,45+,48-,49+,51?,53+,54-/m1/s1. The number of nitrogens with zero attached hydrogens (tertiary/aromatic N) is 3. The highest BCUT2D eigenvalue weighted by molar-refractivity contribution is 5.86. The van der Waals surface area contributed by atoms with Gasteiger partial charge >= 0.3 is 0 Å². The van der Waals surface area contributed by atoms with E-state index in [-0.39, 0.29) is 23.0 Å². The number of amides is 1. The molecule has 1 amide bonds. The minimum atomic E-state index is 0.0417. The molecule has 1 heterocycles. The maximum Gasteiger partial charge on any atom is 0.222 e. The Morgan fingerprint density at radius 1 is 0.818 bits per heavy atom. The fraction of sp³-hybridized carbons (Fsp3) is 0.870. The van der Waals surface area contributed by atoms with E-state index in [4.69, 9.17) is 36.0 Å². The molecule has 0 aliphatic heterocycles. The lowest BCUT2D eigenvalue weighted by atomic mass is 9.48. The lowest BCUT2D eigenvalue weighted by Gasteiger charge is -2.60. The second-order valence-corrected chi connectivity index (χ2v) is 21.3. The van der Waals surface area contributed by atoms with Gasteiger partial charge in [0.25, 0.3) is 0 Å². The van der Waals surface area contributed by atoms with Crippen LogP contribution in [0.25, 0.3) is 11.0 Å².